The molecule has 24 heavy (non-hydrogen) atoms. The van der Waals surface area contributed by atoms with Gasteiger partial charge in [0.15, 0.2) is 6.29 Å². The highest BCUT2D eigenvalue weighted by Gasteiger charge is 2.24. The zero-order chi connectivity index (χ0) is 16.9. The highest BCUT2D eigenvalue weighted by molar-refractivity contribution is 6.31. The predicted molar refractivity (Wildman–Crippen MR) is 85.3 cm³/mol. The standard InChI is InChI=1S/C17H15ClN2O4/c18-15-5-14(17-22-1-2-23-17)16(4-13(15)9-21)24-10-12-3-11(6-19)7-20-8-12/h3-5,7-8,17,21H,1-2,9-10H2. The number of halogens is 1. The predicted octanol–water partition coefficient (Wildman–Crippen LogP) is 2.72. The highest BCUT2D eigenvalue weighted by Crippen LogP contribution is 2.36. The molecule has 0 unspecified atom stereocenters. The molecule has 1 aliphatic rings. The maximum atomic E-state index is 9.40. The first-order chi connectivity index (χ1) is 11.7. The molecule has 1 fully saturated rings. The minimum absolute atomic E-state index is 0.201. The van der Waals surface area contributed by atoms with Gasteiger partial charge in [0.1, 0.15) is 18.4 Å². The van der Waals surface area contributed by atoms with Crippen LogP contribution in [-0.4, -0.2) is 23.3 Å². The number of benzene rings is 1. The number of hydrogen-bond acceptors (Lipinski definition) is 6. The summed E-state index contributed by atoms with van der Waals surface area (Å²) in [5.74, 6) is 0.512. The molecule has 124 valence electrons. The highest BCUT2D eigenvalue weighted by atomic mass is 35.5. The van der Waals surface area contributed by atoms with Gasteiger partial charge in [-0.15, -0.1) is 0 Å². The van der Waals surface area contributed by atoms with Crippen LogP contribution < -0.4 is 4.74 Å². The van der Waals surface area contributed by atoms with Crippen LogP contribution in [0, 0.1) is 11.3 Å². The van der Waals surface area contributed by atoms with Crippen molar-refractivity contribution in [2.24, 2.45) is 0 Å². The van der Waals surface area contributed by atoms with Crippen LogP contribution in [0.15, 0.2) is 30.6 Å². The molecule has 0 bridgehead atoms. The van der Waals surface area contributed by atoms with Gasteiger partial charge in [-0.1, -0.05) is 11.6 Å². The number of ether oxygens (including phenoxy) is 3. The first kappa shape index (κ1) is 16.7. The molecular weight excluding hydrogens is 332 g/mol. The second-order valence-corrected chi connectivity index (χ2v) is 5.60. The van der Waals surface area contributed by atoms with Crippen LogP contribution in [0.3, 0.4) is 0 Å². The fourth-order valence-corrected chi connectivity index (χ4v) is 2.60. The molecule has 2 heterocycles. The SMILES string of the molecule is N#Cc1cncc(COc2cc(CO)c(Cl)cc2C2OCCO2)c1. The van der Waals surface area contributed by atoms with E-state index in [2.05, 4.69) is 4.98 Å². The first-order valence-corrected chi connectivity index (χ1v) is 7.72. The third-order valence-corrected chi connectivity index (χ3v) is 3.90. The summed E-state index contributed by atoms with van der Waals surface area (Å²) in [7, 11) is 0. The topological polar surface area (TPSA) is 84.6 Å². The third-order valence-electron chi connectivity index (χ3n) is 3.54. The minimum Gasteiger partial charge on any atom is -0.488 e. The normalized spacial score (nSPS) is 14.5. The van der Waals surface area contributed by atoms with Gasteiger partial charge in [0.25, 0.3) is 0 Å². The number of nitriles is 1. The van der Waals surface area contributed by atoms with E-state index < -0.39 is 6.29 Å². The van der Waals surface area contributed by atoms with Crippen molar-refractivity contribution in [1.82, 2.24) is 4.98 Å². The summed E-state index contributed by atoms with van der Waals surface area (Å²) in [5.41, 5.74) is 2.44. The van der Waals surface area contributed by atoms with Crippen LogP contribution in [-0.2, 0) is 22.7 Å². The second kappa shape index (κ2) is 7.60. The van der Waals surface area contributed by atoms with Gasteiger partial charge in [-0.05, 0) is 23.8 Å². The van der Waals surface area contributed by atoms with Crippen molar-refractivity contribution in [2.75, 3.05) is 13.2 Å². The van der Waals surface area contributed by atoms with E-state index in [1.54, 1.807) is 24.4 Å². The molecule has 0 saturated carbocycles. The van der Waals surface area contributed by atoms with Gasteiger partial charge >= 0.3 is 0 Å². The van der Waals surface area contributed by atoms with Crippen molar-refractivity contribution >= 4 is 11.6 Å². The summed E-state index contributed by atoms with van der Waals surface area (Å²) in [5, 5.41) is 18.8. The molecule has 0 aliphatic carbocycles. The van der Waals surface area contributed by atoms with Crippen LogP contribution in [0.1, 0.15) is 28.5 Å². The van der Waals surface area contributed by atoms with Gasteiger partial charge in [0.05, 0.1) is 30.9 Å². The quantitative estimate of drug-likeness (QED) is 0.896. The van der Waals surface area contributed by atoms with E-state index in [1.807, 2.05) is 6.07 Å². The Morgan fingerprint density at radius 3 is 2.79 bits per heavy atom. The molecule has 6 nitrogen and oxygen atoms in total. The van der Waals surface area contributed by atoms with E-state index in [4.69, 9.17) is 31.1 Å². The number of aliphatic hydroxyl groups is 1. The fraction of sp³-hybridized carbons (Fsp3) is 0.294. The van der Waals surface area contributed by atoms with Gasteiger partial charge < -0.3 is 19.3 Å². The molecule has 1 saturated heterocycles. The lowest BCUT2D eigenvalue weighted by Crippen LogP contribution is -2.05. The van der Waals surface area contributed by atoms with E-state index in [1.165, 1.54) is 6.20 Å². The lowest BCUT2D eigenvalue weighted by atomic mass is 10.1. The van der Waals surface area contributed by atoms with Gasteiger partial charge in [0.2, 0.25) is 0 Å². The number of aromatic nitrogens is 1. The molecule has 1 aliphatic heterocycles. The van der Waals surface area contributed by atoms with Crippen LogP contribution >= 0.6 is 11.6 Å². The first-order valence-electron chi connectivity index (χ1n) is 7.34. The van der Waals surface area contributed by atoms with E-state index >= 15 is 0 Å². The molecule has 7 heteroatoms. The molecular formula is C17H15ClN2O4. The molecule has 2 aromatic rings. The van der Waals surface area contributed by atoms with E-state index in [-0.39, 0.29) is 13.2 Å². The Labute approximate surface area is 144 Å². The van der Waals surface area contributed by atoms with Crippen molar-refractivity contribution in [3.05, 3.63) is 57.9 Å². The molecule has 1 aromatic carbocycles. The number of rotatable bonds is 5. The van der Waals surface area contributed by atoms with E-state index in [9.17, 15) is 5.11 Å². The largest absolute Gasteiger partial charge is 0.488 e. The molecule has 0 spiro atoms. The number of pyridine rings is 1. The van der Waals surface area contributed by atoms with Crippen molar-refractivity contribution < 1.29 is 19.3 Å². The smallest absolute Gasteiger partial charge is 0.187 e. The van der Waals surface area contributed by atoms with Crippen LogP contribution in [0.5, 0.6) is 5.75 Å². The van der Waals surface area contributed by atoms with Crippen molar-refractivity contribution in [3.63, 3.8) is 0 Å². The van der Waals surface area contributed by atoms with Gasteiger partial charge in [0, 0.05) is 23.0 Å². The molecule has 0 radical (unpaired) electrons. The van der Waals surface area contributed by atoms with Crippen molar-refractivity contribution in [3.8, 4) is 11.8 Å². The summed E-state index contributed by atoms with van der Waals surface area (Å²) < 4.78 is 16.9. The van der Waals surface area contributed by atoms with Gasteiger partial charge in [-0.2, -0.15) is 5.26 Å². The summed E-state index contributed by atoms with van der Waals surface area (Å²) >= 11 is 6.16. The Kier molecular flexibility index (Phi) is 5.28. The summed E-state index contributed by atoms with van der Waals surface area (Å²) in [6.07, 6.45) is 2.57. The fourth-order valence-electron chi connectivity index (χ4n) is 2.37. The number of nitrogens with zero attached hydrogens (tertiary/aromatic N) is 2. The van der Waals surface area contributed by atoms with E-state index in [0.29, 0.717) is 40.7 Å². The maximum Gasteiger partial charge on any atom is 0.187 e. The Bertz CT molecular complexity index is 770. The lowest BCUT2D eigenvalue weighted by molar-refractivity contribution is -0.0459. The lowest BCUT2D eigenvalue weighted by Gasteiger charge is -2.17. The number of hydrogen-bond donors (Lipinski definition) is 1. The summed E-state index contributed by atoms with van der Waals surface area (Å²) in [6.45, 7) is 1.01. The molecule has 1 aromatic heterocycles. The summed E-state index contributed by atoms with van der Waals surface area (Å²) in [6, 6.07) is 7.10. The summed E-state index contributed by atoms with van der Waals surface area (Å²) in [4.78, 5) is 4.00. The zero-order valence-electron chi connectivity index (χ0n) is 12.7. The number of aliphatic hydroxyl groups excluding tert-OH is 1. The Balaban J connectivity index is 1.86. The van der Waals surface area contributed by atoms with Gasteiger partial charge in [-0.3, -0.25) is 4.98 Å². The van der Waals surface area contributed by atoms with E-state index in [0.717, 1.165) is 5.56 Å². The third kappa shape index (κ3) is 3.66. The van der Waals surface area contributed by atoms with Crippen LogP contribution in [0.2, 0.25) is 5.02 Å². The van der Waals surface area contributed by atoms with Crippen molar-refractivity contribution in [1.29, 1.82) is 5.26 Å². The molecule has 3 rings (SSSR count). The maximum absolute atomic E-state index is 9.40. The molecule has 0 atom stereocenters. The molecule has 0 amide bonds. The Morgan fingerprint density at radius 2 is 2.08 bits per heavy atom. The monoisotopic (exact) mass is 346 g/mol. The van der Waals surface area contributed by atoms with Gasteiger partial charge in [-0.25, -0.2) is 0 Å². The van der Waals surface area contributed by atoms with Crippen molar-refractivity contribution in [2.45, 2.75) is 19.5 Å². The Hall–Kier alpha value is -2.17. The Morgan fingerprint density at radius 1 is 1.29 bits per heavy atom. The average molecular weight is 347 g/mol. The van der Waals surface area contributed by atoms with Crippen LogP contribution in [0.25, 0.3) is 0 Å². The minimum atomic E-state index is -0.547. The zero-order valence-corrected chi connectivity index (χ0v) is 13.5. The molecule has 1 N–H and O–H groups in total. The van der Waals surface area contributed by atoms with Crippen LogP contribution in [0.4, 0.5) is 0 Å². The second-order valence-electron chi connectivity index (χ2n) is 5.20. The average Bonchev–Trinajstić information content (AvgIpc) is 3.15.